The van der Waals surface area contributed by atoms with Gasteiger partial charge in [-0.3, -0.25) is 0 Å². The number of ether oxygens (including phenoxy) is 2. The molecule has 2 aromatic rings. The van der Waals surface area contributed by atoms with Gasteiger partial charge in [0.2, 0.25) is 0 Å². The predicted molar refractivity (Wildman–Crippen MR) is 99.9 cm³/mol. The Labute approximate surface area is 176 Å². The number of carbonyl (C=O) groups excluding carboxylic acids is 2. The normalized spacial score (nSPS) is 9.10. The Balaban J connectivity index is 0.00000116. The first-order valence-corrected chi connectivity index (χ1v) is 9.78. The zero-order chi connectivity index (χ0) is 22.4. The van der Waals surface area contributed by atoms with E-state index in [1.165, 1.54) is 28.1 Å². The standard InChI is InChI=1S/2C7H10N2O2.2C2H3N.Pd/c2*1-8-3-4-9(6-8)5-7(10)11-2;2*1-2-3;/h2*3-4H,5H2,1-2H3;2*1H3;. The SMILES string of the molecule is CC#N.CC#N.COC(=O)Cn1ccn(C)[c]1=[Pd]=[c]1n(C)ccn1CC(=O)OC. The number of aryl methyl sites for hydroxylation is 2. The summed E-state index contributed by atoms with van der Waals surface area (Å²) in [5, 5.41) is 14.6. The molecule has 0 spiro atoms. The van der Waals surface area contributed by atoms with Crippen LogP contribution in [0.15, 0.2) is 24.8 Å². The number of hydrogen-bond donors (Lipinski definition) is 0. The molecule has 0 aromatic carbocycles. The molecule has 0 aliphatic heterocycles. The van der Waals surface area contributed by atoms with Gasteiger partial charge in [0.25, 0.3) is 0 Å². The summed E-state index contributed by atoms with van der Waals surface area (Å²) < 4.78 is 19.1. The van der Waals surface area contributed by atoms with Crippen LogP contribution < -0.4 is 0 Å². The monoisotopic (exact) mass is 496 g/mol. The second kappa shape index (κ2) is 14.1. The average Bonchev–Trinajstić information content (AvgIpc) is 3.20. The summed E-state index contributed by atoms with van der Waals surface area (Å²) in [6, 6.07) is 3.50. The van der Waals surface area contributed by atoms with Gasteiger partial charge < -0.3 is 0 Å². The van der Waals surface area contributed by atoms with Crippen molar-refractivity contribution in [2.45, 2.75) is 26.9 Å². The van der Waals surface area contributed by atoms with Gasteiger partial charge in [0.15, 0.2) is 0 Å². The molecule has 0 aliphatic carbocycles. The molecule has 10 nitrogen and oxygen atoms in total. The van der Waals surface area contributed by atoms with Gasteiger partial charge in [0, 0.05) is 13.8 Å². The molecule has 11 heteroatoms. The number of carbonyl (C=O) groups is 2. The molecule has 0 fully saturated rings. The number of nitriles is 2. The van der Waals surface area contributed by atoms with E-state index in [4.69, 9.17) is 20.0 Å². The molecule has 0 aliphatic rings. The first-order chi connectivity index (χ1) is 13.8. The zero-order valence-electron chi connectivity index (χ0n) is 17.4. The molecule has 0 amide bonds. The van der Waals surface area contributed by atoms with E-state index in [1.54, 1.807) is 12.1 Å². The van der Waals surface area contributed by atoms with Gasteiger partial charge in [-0.1, -0.05) is 0 Å². The van der Waals surface area contributed by atoms with Gasteiger partial charge >= 0.3 is 140 Å². The molecule has 0 atom stereocenters. The molecule has 2 aromatic heterocycles. The van der Waals surface area contributed by atoms with E-state index < -0.39 is 0 Å². The number of imidazole rings is 2. The molecular weight excluding hydrogens is 471 g/mol. The number of hydrogen-bond acceptors (Lipinski definition) is 6. The van der Waals surface area contributed by atoms with Gasteiger partial charge in [-0.15, -0.1) is 0 Å². The van der Waals surface area contributed by atoms with E-state index in [9.17, 15) is 9.59 Å². The summed E-state index contributed by atoms with van der Waals surface area (Å²) in [7, 11) is 6.60. The fourth-order valence-corrected chi connectivity index (χ4v) is 3.91. The van der Waals surface area contributed by atoms with Crippen molar-refractivity contribution in [3.8, 4) is 12.1 Å². The second-order valence-electron chi connectivity index (χ2n) is 5.24. The third-order valence-corrected chi connectivity index (χ3v) is 5.80. The van der Waals surface area contributed by atoms with Crippen molar-refractivity contribution >= 4 is 11.9 Å². The molecule has 0 bridgehead atoms. The molecular formula is C18H26N6O4Pd. The van der Waals surface area contributed by atoms with Crippen molar-refractivity contribution in [3.05, 3.63) is 32.6 Å². The topological polar surface area (TPSA) is 120 Å². The van der Waals surface area contributed by atoms with Gasteiger partial charge in [0.05, 0.1) is 12.1 Å². The van der Waals surface area contributed by atoms with Crippen molar-refractivity contribution in [1.29, 1.82) is 10.5 Å². The Kier molecular flexibility index (Phi) is 12.6. The minimum absolute atomic E-state index is 0.0213. The van der Waals surface area contributed by atoms with E-state index in [1.807, 2.05) is 57.2 Å². The van der Waals surface area contributed by atoms with Crippen LogP contribution >= 0.6 is 0 Å². The second-order valence-corrected chi connectivity index (χ2v) is 7.01. The number of nitrogens with zero attached hydrogens (tertiary/aromatic N) is 6. The molecule has 162 valence electrons. The van der Waals surface area contributed by atoms with Crippen molar-refractivity contribution in [2.75, 3.05) is 14.2 Å². The molecule has 0 saturated carbocycles. The van der Waals surface area contributed by atoms with Gasteiger partial charge in [-0.2, -0.15) is 10.5 Å². The van der Waals surface area contributed by atoms with Crippen LogP contribution in [0.2, 0.25) is 0 Å². The maximum absolute atomic E-state index is 11.5. The average molecular weight is 497 g/mol. The summed E-state index contributed by atoms with van der Waals surface area (Å²) in [6.07, 6.45) is 7.48. The fourth-order valence-electron chi connectivity index (χ4n) is 1.89. The Hall–Kier alpha value is -3.00. The summed E-state index contributed by atoms with van der Waals surface area (Å²) in [4.78, 5) is 23.1. The van der Waals surface area contributed by atoms with E-state index >= 15 is 0 Å². The van der Waals surface area contributed by atoms with Gasteiger partial charge in [0.1, 0.15) is 0 Å². The summed E-state index contributed by atoms with van der Waals surface area (Å²) in [5.41, 5.74) is 0. The Bertz CT molecular complexity index is 958. The third kappa shape index (κ3) is 8.70. The van der Waals surface area contributed by atoms with Crippen LogP contribution in [0.25, 0.3) is 0 Å². The van der Waals surface area contributed by atoms with E-state index in [0.29, 0.717) is 0 Å². The van der Waals surface area contributed by atoms with Crippen LogP contribution in [0, 0.1) is 30.4 Å². The first kappa shape index (κ1) is 26.0. The van der Waals surface area contributed by atoms with Crippen molar-refractivity contribution in [1.82, 2.24) is 18.3 Å². The Morgan fingerprint density at radius 2 is 1.17 bits per heavy atom. The molecule has 0 radical (unpaired) electrons. The molecule has 2 rings (SSSR count). The summed E-state index contributed by atoms with van der Waals surface area (Å²) >= 11 is 0.0213. The first-order valence-electron chi connectivity index (χ1n) is 8.22. The van der Waals surface area contributed by atoms with Crippen LogP contribution in [0.4, 0.5) is 0 Å². The van der Waals surface area contributed by atoms with Gasteiger partial charge in [-0.05, 0) is 0 Å². The van der Waals surface area contributed by atoms with E-state index in [-0.39, 0.29) is 42.1 Å². The van der Waals surface area contributed by atoms with Crippen LogP contribution in [-0.4, -0.2) is 44.4 Å². The van der Waals surface area contributed by atoms with E-state index in [2.05, 4.69) is 0 Å². The van der Waals surface area contributed by atoms with Crippen LogP contribution in [0.1, 0.15) is 13.8 Å². The zero-order valence-corrected chi connectivity index (χ0v) is 18.9. The van der Waals surface area contributed by atoms with Crippen LogP contribution in [0.3, 0.4) is 0 Å². The van der Waals surface area contributed by atoms with Crippen molar-refractivity contribution in [2.24, 2.45) is 14.1 Å². The summed E-state index contributed by atoms with van der Waals surface area (Å²) in [6.45, 7) is 3.18. The quantitative estimate of drug-likeness (QED) is 0.463. The number of methoxy groups -OCH3 is 2. The molecule has 0 saturated heterocycles. The maximum atomic E-state index is 11.5. The number of rotatable bonds is 4. The molecule has 29 heavy (non-hydrogen) atoms. The van der Waals surface area contributed by atoms with Crippen LogP contribution in [-0.2, 0) is 63.3 Å². The summed E-state index contributed by atoms with van der Waals surface area (Å²) in [5.74, 6) is -0.601. The predicted octanol–water partition coefficient (Wildman–Crippen LogP) is 1.22. The third-order valence-electron chi connectivity index (χ3n) is 3.11. The fraction of sp³-hybridized carbons (Fsp3) is 0.444. The molecule has 0 N–H and O–H groups in total. The Morgan fingerprint density at radius 1 is 0.862 bits per heavy atom. The van der Waals surface area contributed by atoms with Crippen molar-refractivity contribution in [3.63, 3.8) is 0 Å². The minimum atomic E-state index is -0.301. The Morgan fingerprint density at radius 3 is 1.45 bits per heavy atom. The van der Waals surface area contributed by atoms with E-state index in [0.717, 1.165) is 7.78 Å². The van der Waals surface area contributed by atoms with Gasteiger partial charge in [-0.25, -0.2) is 0 Å². The number of aromatic nitrogens is 4. The molecule has 0 unspecified atom stereocenters. The van der Waals surface area contributed by atoms with Crippen molar-refractivity contribution < 1.29 is 36.1 Å². The van der Waals surface area contributed by atoms with Crippen LogP contribution in [0.5, 0.6) is 0 Å². The molecule has 2 heterocycles. The number of esters is 2.